The van der Waals surface area contributed by atoms with E-state index in [0.717, 1.165) is 46.4 Å². The maximum Gasteiger partial charge on any atom is 0.304 e. The van der Waals surface area contributed by atoms with Crippen molar-refractivity contribution in [2.24, 2.45) is 0 Å². The largest absolute Gasteiger partial charge is 0.493 e. The molecule has 0 saturated heterocycles. The lowest BCUT2D eigenvalue weighted by molar-refractivity contribution is -0.137. The Balaban J connectivity index is 1.30. The van der Waals surface area contributed by atoms with Crippen molar-refractivity contribution in [3.63, 3.8) is 0 Å². The quantitative estimate of drug-likeness (QED) is 0.319. The van der Waals surface area contributed by atoms with Gasteiger partial charge in [-0.15, -0.1) is 0 Å². The van der Waals surface area contributed by atoms with Crippen molar-refractivity contribution in [3.05, 3.63) is 75.8 Å². The first-order valence-electron chi connectivity index (χ1n) is 13.3. The first kappa shape index (κ1) is 27.1. The molecule has 2 aliphatic rings. The summed E-state index contributed by atoms with van der Waals surface area (Å²) in [6.07, 6.45) is 3.73. The number of sulfone groups is 1. The van der Waals surface area contributed by atoms with E-state index in [0.29, 0.717) is 37.7 Å². The second-order valence-corrected chi connectivity index (χ2v) is 12.9. The van der Waals surface area contributed by atoms with Gasteiger partial charge in [-0.1, -0.05) is 18.2 Å². The zero-order valence-electron chi connectivity index (χ0n) is 22.6. The molecule has 1 heterocycles. The Morgan fingerprint density at radius 3 is 2.54 bits per heavy atom. The van der Waals surface area contributed by atoms with Crippen LogP contribution in [-0.4, -0.2) is 44.7 Å². The van der Waals surface area contributed by atoms with Crippen LogP contribution in [0.2, 0.25) is 0 Å². The Hall–Kier alpha value is -3.52. The highest BCUT2D eigenvalue weighted by molar-refractivity contribution is 7.90. The fourth-order valence-corrected chi connectivity index (χ4v) is 6.06. The zero-order chi connectivity index (χ0) is 27.7. The lowest BCUT2D eigenvalue weighted by Crippen LogP contribution is -2.15. The number of fused-ring (bicyclic) bond motifs is 2. The molecule has 7 nitrogen and oxygen atoms in total. The highest BCUT2D eigenvalue weighted by Crippen LogP contribution is 2.43. The van der Waals surface area contributed by atoms with Gasteiger partial charge >= 0.3 is 5.97 Å². The van der Waals surface area contributed by atoms with Gasteiger partial charge in [-0.05, 0) is 90.3 Å². The SMILES string of the molecule is Cc1ccc(-c2c(C)cc(OCCCS(C)(=O)=O)c3c2CC3)cc1COc1ccc2c(c1)OCC2CC(=O)O. The molecule has 0 saturated carbocycles. The molecular formula is C31H34O7S. The molecule has 5 rings (SSSR count). The van der Waals surface area contributed by atoms with Crippen LogP contribution in [0.4, 0.5) is 0 Å². The van der Waals surface area contributed by atoms with Gasteiger partial charge in [-0.3, -0.25) is 4.79 Å². The van der Waals surface area contributed by atoms with Crippen molar-refractivity contribution < 1.29 is 32.5 Å². The Bertz CT molecular complexity index is 1520. The summed E-state index contributed by atoms with van der Waals surface area (Å²) >= 11 is 0. The van der Waals surface area contributed by atoms with Crippen molar-refractivity contribution in [1.82, 2.24) is 0 Å². The van der Waals surface area contributed by atoms with Crippen LogP contribution in [0, 0.1) is 13.8 Å². The monoisotopic (exact) mass is 550 g/mol. The van der Waals surface area contributed by atoms with Gasteiger partial charge in [0.25, 0.3) is 0 Å². The fourth-order valence-electron chi connectivity index (χ4n) is 5.42. The van der Waals surface area contributed by atoms with Crippen molar-refractivity contribution in [3.8, 4) is 28.4 Å². The molecule has 0 spiro atoms. The molecule has 0 amide bonds. The number of carbonyl (C=O) groups is 1. The minimum atomic E-state index is -2.99. The number of rotatable bonds is 11. The third-order valence-corrected chi connectivity index (χ3v) is 8.60. The number of benzene rings is 3. The first-order chi connectivity index (χ1) is 18.6. The summed E-state index contributed by atoms with van der Waals surface area (Å²) in [5.41, 5.74) is 9.17. The molecule has 0 radical (unpaired) electrons. The van der Waals surface area contributed by atoms with Crippen LogP contribution in [-0.2, 0) is 34.1 Å². The molecule has 1 unspecified atom stereocenters. The molecule has 0 bridgehead atoms. The van der Waals surface area contributed by atoms with Crippen LogP contribution < -0.4 is 14.2 Å². The van der Waals surface area contributed by atoms with Crippen LogP contribution in [0.1, 0.15) is 52.1 Å². The second kappa shape index (κ2) is 10.9. The molecule has 8 heteroatoms. The first-order valence-corrected chi connectivity index (χ1v) is 15.3. The summed E-state index contributed by atoms with van der Waals surface area (Å²) in [7, 11) is -2.99. The topological polar surface area (TPSA) is 99.1 Å². The molecule has 39 heavy (non-hydrogen) atoms. The Labute approximate surface area is 229 Å². The van der Waals surface area contributed by atoms with E-state index >= 15 is 0 Å². The summed E-state index contributed by atoms with van der Waals surface area (Å²) < 4.78 is 40.7. The number of carboxylic acid groups (broad SMARTS) is 1. The van der Waals surface area contributed by atoms with Crippen LogP contribution in [0.15, 0.2) is 42.5 Å². The highest BCUT2D eigenvalue weighted by Gasteiger charge is 2.27. The molecular weight excluding hydrogens is 516 g/mol. The van der Waals surface area contributed by atoms with Gasteiger partial charge in [-0.25, -0.2) is 8.42 Å². The molecule has 1 aliphatic heterocycles. The van der Waals surface area contributed by atoms with Gasteiger partial charge in [0.1, 0.15) is 33.7 Å². The number of hydrogen-bond donors (Lipinski definition) is 1. The summed E-state index contributed by atoms with van der Waals surface area (Å²) in [6.45, 7) is 5.33. The van der Waals surface area contributed by atoms with E-state index in [-0.39, 0.29) is 18.1 Å². The lowest BCUT2D eigenvalue weighted by atomic mass is 9.79. The van der Waals surface area contributed by atoms with E-state index in [9.17, 15) is 13.2 Å². The van der Waals surface area contributed by atoms with Gasteiger partial charge < -0.3 is 19.3 Å². The number of carboxylic acids is 1. The summed E-state index contributed by atoms with van der Waals surface area (Å²) in [6, 6.07) is 14.2. The number of hydrogen-bond acceptors (Lipinski definition) is 6. The van der Waals surface area contributed by atoms with Crippen LogP contribution in [0.25, 0.3) is 11.1 Å². The maximum absolute atomic E-state index is 11.4. The lowest BCUT2D eigenvalue weighted by Gasteiger charge is -2.28. The van der Waals surface area contributed by atoms with Crippen LogP contribution >= 0.6 is 0 Å². The van der Waals surface area contributed by atoms with Gasteiger partial charge in [0, 0.05) is 23.8 Å². The average molecular weight is 551 g/mol. The van der Waals surface area contributed by atoms with Gasteiger partial charge in [0.05, 0.1) is 25.4 Å². The van der Waals surface area contributed by atoms with E-state index in [1.807, 2.05) is 18.2 Å². The highest BCUT2D eigenvalue weighted by atomic mass is 32.2. The maximum atomic E-state index is 11.4. The third-order valence-electron chi connectivity index (χ3n) is 7.57. The Morgan fingerprint density at radius 1 is 1.03 bits per heavy atom. The molecule has 1 N–H and O–H groups in total. The van der Waals surface area contributed by atoms with E-state index in [1.54, 1.807) is 0 Å². The third kappa shape index (κ3) is 6.06. The van der Waals surface area contributed by atoms with Crippen molar-refractivity contribution in [2.75, 3.05) is 25.2 Å². The van der Waals surface area contributed by atoms with Gasteiger partial charge in [0.2, 0.25) is 0 Å². The van der Waals surface area contributed by atoms with E-state index in [4.69, 9.17) is 19.3 Å². The molecule has 0 fully saturated rings. The molecule has 3 aromatic carbocycles. The second-order valence-electron chi connectivity index (χ2n) is 10.6. The zero-order valence-corrected chi connectivity index (χ0v) is 23.4. The smallest absolute Gasteiger partial charge is 0.304 e. The van der Waals surface area contributed by atoms with Crippen molar-refractivity contribution in [2.45, 2.75) is 52.1 Å². The molecule has 1 atom stereocenters. The van der Waals surface area contributed by atoms with Crippen LogP contribution in [0.5, 0.6) is 17.2 Å². The number of aryl methyl sites for hydroxylation is 2. The summed E-state index contributed by atoms with van der Waals surface area (Å²) in [5.74, 6) is 1.42. The minimum absolute atomic E-state index is 0.0542. The van der Waals surface area contributed by atoms with E-state index < -0.39 is 15.8 Å². The summed E-state index contributed by atoms with van der Waals surface area (Å²) in [4.78, 5) is 11.1. The van der Waals surface area contributed by atoms with Crippen molar-refractivity contribution in [1.29, 1.82) is 0 Å². The van der Waals surface area contributed by atoms with Crippen molar-refractivity contribution >= 4 is 15.8 Å². The fraction of sp³-hybridized carbons (Fsp3) is 0.387. The average Bonchev–Trinajstić information content (AvgIpc) is 3.23. The minimum Gasteiger partial charge on any atom is -0.493 e. The molecule has 206 valence electrons. The standard InChI is InChI=1S/C31H34O7S/c1-19-5-6-21(31-20(2)13-28(26-9-10-27(26)31)36-11-4-12-39(3,34)35)14-22(19)17-37-24-7-8-25-23(15-30(32)33)18-38-29(25)16-24/h5-8,13-14,16,23H,4,9-12,15,17-18H2,1-3H3,(H,32,33). The molecule has 3 aromatic rings. The predicted molar refractivity (Wildman–Crippen MR) is 150 cm³/mol. The van der Waals surface area contributed by atoms with Crippen LogP contribution in [0.3, 0.4) is 0 Å². The summed E-state index contributed by atoms with van der Waals surface area (Å²) in [5, 5.41) is 9.12. The Morgan fingerprint density at radius 2 is 1.82 bits per heavy atom. The van der Waals surface area contributed by atoms with Gasteiger partial charge in [0.15, 0.2) is 0 Å². The van der Waals surface area contributed by atoms with Gasteiger partial charge in [-0.2, -0.15) is 0 Å². The predicted octanol–water partition coefficient (Wildman–Crippen LogP) is 5.41. The normalized spacial score (nSPS) is 15.6. The number of ether oxygens (including phenoxy) is 3. The molecule has 1 aliphatic carbocycles. The Kier molecular flexibility index (Phi) is 7.58. The van der Waals surface area contributed by atoms with E-state index in [2.05, 4.69) is 38.1 Å². The number of aliphatic carboxylic acids is 1. The van der Waals surface area contributed by atoms with E-state index in [1.165, 1.54) is 22.9 Å². The molecule has 0 aromatic heterocycles.